The molecule has 1 aliphatic rings. The maximum atomic E-state index is 11.1. The highest BCUT2D eigenvalue weighted by Gasteiger charge is 2.36. The van der Waals surface area contributed by atoms with E-state index in [0.29, 0.717) is 0 Å². The van der Waals surface area contributed by atoms with Gasteiger partial charge in [-0.3, -0.25) is 4.79 Å². The number of hydrogen-bond acceptors (Lipinski definition) is 4. The van der Waals surface area contributed by atoms with Gasteiger partial charge in [0, 0.05) is 24.9 Å². The highest BCUT2D eigenvalue weighted by molar-refractivity contribution is 5.92. The number of carbonyl (C=O) groups is 2. The van der Waals surface area contributed by atoms with Crippen LogP contribution in [0.1, 0.15) is 6.42 Å². The first-order chi connectivity index (χ1) is 6.06. The van der Waals surface area contributed by atoms with E-state index in [1.54, 1.807) is 0 Å². The fourth-order valence-corrected chi connectivity index (χ4v) is 1.36. The molecule has 0 aromatic carbocycles. The third-order valence-electron chi connectivity index (χ3n) is 2.20. The first-order valence-corrected chi connectivity index (χ1v) is 3.96. The normalized spacial score (nSPS) is 24.9. The predicted molar refractivity (Wildman–Crippen MR) is 42.9 cm³/mol. The summed E-state index contributed by atoms with van der Waals surface area (Å²) in [7, 11) is 0. The number of nitrogens with zero attached hydrogens (tertiary/aromatic N) is 1. The van der Waals surface area contributed by atoms with Gasteiger partial charge in [-0.1, -0.05) is 0 Å². The van der Waals surface area contributed by atoms with Gasteiger partial charge in [-0.2, -0.15) is 0 Å². The fourth-order valence-electron chi connectivity index (χ4n) is 1.36. The summed E-state index contributed by atoms with van der Waals surface area (Å²) in [5.74, 6) is -0.699. The summed E-state index contributed by atoms with van der Waals surface area (Å²) in [6.45, 7) is -0.138. The summed E-state index contributed by atoms with van der Waals surface area (Å²) >= 11 is 0. The second-order valence-corrected chi connectivity index (χ2v) is 3.10. The Labute approximate surface area is 74.9 Å². The average molecular weight is 188 g/mol. The Morgan fingerprint density at radius 1 is 1.77 bits per heavy atom. The van der Waals surface area contributed by atoms with Gasteiger partial charge in [-0.25, -0.2) is 9.69 Å². The van der Waals surface area contributed by atoms with E-state index in [-0.39, 0.29) is 25.5 Å². The van der Waals surface area contributed by atoms with Crippen molar-refractivity contribution >= 4 is 12.0 Å². The van der Waals surface area contributed by atoms with Crippen LogP contribution in [-0.4, -0.2) is 46.3 Å². The summed E-state index contributed by atoms with van der Waals surface area (Å²) in [6.07, 6.45) is -1.15. The summed E-state index contributed by atoms with van der Waals surface area (Å²) in [6, 6.07) is -0.520. The minimum atomic E-state index is -1.25. The topological polar surface area (TPSA) is 104 Å². The van der Waals surface area contributed by atoms with E-state index < -0.39 is 18.0 Å². The molecule has 6 heteroatoms. The van der Waals surface area contributed by atoms with Gasteiger partial charge in [0.2, 0.25) is 5.91 Å². The van der Waals surface area contributed by atoms with Gasteiger partial charge in [0.25, 0.3) is 0 Å². The monoisotopic (exact) mass is 188 g/mol. The number of nitrogens with two attached hydrogens (primary N) is 1. The van der Waals surface area contributed by atoms with Crippen molar-refractivity contribution in [2.75, 3.05) is 13.2 Å². The number of aliphatic hydroxyl groups is 1. The third kappa shape index (κ3) is 1.96. The summed E-state index contributed by atoms with van der Waals surface area (Å²) in [5, 5.41) is 17.3. The van der Waals surface area contributed by atoms with Crippen LogP contribution in [0.2, 0.25) is 0 Å². The molecule has 4 N–H and O–H groups in total. The molecule has 6 nitrogen and oxygen atoms in total. The molecule has 0 spiro atoms. The number of imide groups is 1. The van der Waals surface area contributed by atoms with Gasteiger partial charge in [0.1, 0.15) is 0 Å². The van der Waals surface area contributed by atoms with Crippen molar-refractivity contribution in [3.63, 3.8) is 0 Å². The SMILES string of the molecule is N[C@H](CO)C1CC(=O)N(C(=O)O)C1. The molecule has 2 atom stereocenters. The van der Waals surface area contributed by atoms with E-state index in [9.17, 15) is 9.59 Å². The molecule has 0 bridgehead atoms. The molecule has 1 saturated heterocycles. The maximum Gasteiger partial charge on any atom is 0.414 e. The highest BCUT2D eigenvalue weighted by Crippen LogP contribution is 2.19. The van der Waals surface area contributed by atoms with E-state index in [1.807, 2.05) is 0 Å². The van der Waals surface area contributed by atoms with E-state index >= 15 is 0 Å². The van der Waals surface area contributed by atoms with Gasteiger partial charge < -0.3 is 15.9 Å². The third-order valence-corrected chi connectivity index (χ3v) is 2.20. The van der Waals surface area contributed by atoms with Crippen molar-refractivity contribution in [2.45, 2.75) is 12.5 Å². The minimum absolute atomic E-state index is 0.0931. The Morgan fingerprint density at radius 3 is 2.77 bits per heavy atom. The molecular formula is C7H12N2O4. The molecule has 0 aromatic heterocycles. The molecule has 74 valence electrons. The van der Waals surface area contributed by atoms with Crippen molar-refractivity contribution in [3.8, 4) is 0 Å². The van der Waals surface area contributed by atoms with Gasteiger partial charge in [-0.05, 0) is 0 Å². The van der Waals surface area contributed by atoms with E-state index in [4.69, 9.17) is 15.9 Å². The number of aliphatic hydroxyl groups excluding tert-OH is 1. The lowest BCUT2D eigenvalue weighted by molar-refractivity contribution is -0.125. The quantitative estimate of drug-likeness (QED) is 0.506. The first-order valence-electron chi connectivity index (χ1n) is 3.96. The zero-order valence-corrected chi connectivity index (χ0v) is 7.01. The van der Waals surface area contributed by atoms with Crippen LogP contribution in [0.25, 0.3) is 0 Å². The van der Waals surface area contributed by atoms with Crippen LogP contribution in [0.5, 0.6) is 0 Å². The molecule has 1 unspecified atom stereocenters. The van der Waals surface area contributed by atoms with Crippen LogP contribution in [0, 0.1) is 5.92 Å². The molecule has 1 fully saturated rings. The Kier molecular flexibility index (Phi) is 2.84. The molecule has 1 rings (SSSR count). The summed E-state index contributed by atoms with van der Waals surface area (Å²) < 4.78 is 0. The number of likely N-dealkylation sites (tertiary alicyclic amines) is 1. The van der Waals surface area contributed by atoms with Gasteiger partial charge >= 0.3 is 6.09 Å². The van der Waals surface area contributed by atoms with Gasteiger partial charge in [-0.15, -0.1) is 0 Å². The largest absolute Gasteiger partial charge is 0.465 e. The minimum Gasteiger partial charge on any atom is -0.465 e. The Bertz CT molecular complexity index is 231. The molecule has 2 amide bonds. The zero-order chi connectivity index (χ0) is 10.0. The van der Waals surface area contributed by atoms with Crippen molar-refractivity contribution in [2.24, 2.45) is 11.7 Å². The lowest BCUT2D eigenvalue weighted by Crippen LogP contribution is -2.36. The molecule has 0 saturated carbocycles. The second kappa shape index (κ2) is 3.71. The second-order valence-electron chi connectivity index (χ2n) is 3.10. The Morgan fingerprint density at radius 2 is 2.38 bits per heavy atom. The number of carbonyl (C=O) groups excluding carboxylic acids is 1. The van der Waals surface area contributed by atoms with Crippen molar-refractivity contribution in [1.82, 2.24) is 4.90 Å². The van der Waals surface area contributed by atoms with Crippen LogP contribution in [-0.2, 0) is 4.79 Å². The van der Waals surface area contributed by atoms with Gasteiger partial charge in [0.05, 0.1) is 6.61 Å². The molecule has 13 heavy (non-hydrogen) atoms. The van der Waals surface area contributed by atoms with Crippen LogP contribution < -0.4 is 5.73 Å². The molecule has 1 heterocycles. The molecule has 0 radical (unpaired) electrons. The van der Waals surface area contributed by atoms with E-state index in [0.717, 1.165) is 4.90 Å². The molecule has 0 aromatic rings. The Balaban J connectivity index is 2.60. The zero-order valence-electron chi connectivity index (χ0n) is 7.01. The van der Waals surface area contributed by atoms with E-state index in [2.05, 4.69) is 0 Å². The summed E-state index contributed by atoms with van der Waals surface area (Å²) in [4.78, 5) is 22.3. The van der Waals surface area contributed by atoms with Crippen LogP contribution in [0.15, 0.2) is 0 Å². The van der Waals surface area contributed by atoms with Crippen molar-refractivity contribution < 1.29 is 19.8 Å². The lowest BCUT2D eigenvalue weighted by Gasteiger charge is -2.15. The van der Waals surface area contributed by atoms with Crippen LogP contribution in [0.4, 0.5) is 4.79 Å². The number of amides is 2. The Hall–Kier alpha value is -1.14. The predicted octanol–water partition coefficient (Wildman–Crippen LogP) is -1.17. The maximum absolute atomic E-state index is 11.1. The molecular weight excluding hydrogens is 176 g/mol. The van der Waals surface area contributed by atoms with Crippen molar-refractivity contribution in [1.29, 1.82) is 0 Å². The number of rotatable bonds is 2. The van der Waals surface area contributed by atoms with Crippen molar-refractivity contribution in [3.05, 3.63) is 0 Å². The number of carboxylic acid groups (broad SMARTS) is 1. The van der Waals surface area contributed by atoms with Crippen LogP contribution in [0.3, 0.4) is 0 Å². The van der Waals surface area contributed by atoms with Crippen LogP contribution >= 0.6 is 0 Å². The smallest absolute Gasteiger partial charge is 0.414 e. The van der Waals surface area contributed by atoms with E-state index in [1.165, 1.54) is 0 Å². The first kappa shape index (κ1) is 9.94. The average Bonchev–Trinajstić information content (AvgIpc) is 2.46. The molecule has 0 aliphatic carbocycles. The summed E-state index contributed by atoms with van der Waals surface area (Å²) in [5.41, 5.74) is 5.48. The van der Waals surface area contributed by atoms with Gasteiger partial charge in [0.15, 0.2) is 0 Å². The lowest BCUT2D eigenvalue weighted by atomic mass is 10.0. The highest BCUT2D eigenvalue weighted by atomic mass is 16.4. The fraction of sp³-hybridized carbons (Fsp3) is 0.714. The number of hydrogen-bond donors (Lipinski definition) is 3. The standard InChI is InChI=1S/C7H12N2O4/c8-5(3-10)4-1-6(11)9(2-4)7(12)13/h4-5,10H,1-3,8H2,(H,12,13)/t4?,5-/m1/s1. The molecule has 1 aliphatic heterocycles.